The average molecular weight is 292 g/mol. The molecule has 4 heteroatoms. The maximum absolute atomic E-state index is 13.0. The smallest absolute Gasteiger partial charge is 0.223 e. The molecule has 3 nitrogen and oxygen atoms in total. The van der Waals surface area contributed by atoms with Gasteiger partial charge in [-0.2, -0.15) is 0 Å². The summed E-state index contributed by atoms with van der Waals surface area (Å²) < 4.78 is 13.0. The SMILES string of the molecule is CC(C)C(Cc1ccc(F)cc1)NC(=O)C1CCNCC1. The van der Waals surface area contributed by atoms with Crippen LogP contribution in [0.1, 0.15) is 32.3 Å². The van der Waals surface area contributed by atoms with Crippen LogP contribution in [-0.4, -0.2) is 25.0 Å². The number of halogens is 1. The van der Waals surface area contributed by atoms with Crippen molar-refractivity contribution >= 4 is 5.91 Å². The second-order valence-corrected chi connectivity index (χ2v) is 6.21. The standard InChI is InChI=1S/C17H25FN2O/c1-12(2)16(11-13-3-5-15(18)6-4-13)20-17(21)14-7-9-19-10-8-14/h3-6,12,14,16,19H,7-11H2,1-2H3,(H,20,21). The number of carbonyl (C=O) groups is 1. The van der Waals surface area contributed by atoms with Gasteiger partial charge in [0.05, 0.1) is 0 Å². The second kappa shape index (κ2) is 7.55. The molecule has 1 aliphatic rings. The maximum atomic E-state index is 13.0. The number of piperidine rings is 1. The largest absolute Gasteiger partial charge is 0.353 e. The quantitative estimate of drug-likeness (QED) is 0.875. The normalized spacial score (nSPS) is 17.7. The van der Waals surface area contributed by atoms with Gasteiger partial charge in [0.1, 0.15) is 5.82 Å². The Morgan fingerprint density at radius 1 is 1.29 bits per heavy atom. The van der Waals surface area contributed by atoms with Crippen molar-refractivity contribution in [1.29, 1.82) is 0 Å². The molecule has 1 aromatic rings. The van der Waals surface area contributed by atoms with Crippen molar-refractivity contribution in [2.24, 2.45) is 11.8 Å². The molecule has 2 N–H and O–H groups in total. The number of benzene rings is 1. The monoisotopic (exact) mass is 292 g/mol. The van der Waals surface area contributed by atoms with Crippen molar-refractivity contribution in [3.63, 3.8) is 0 Å². The molecule has 116 valence electrons. The number of nitrogens with one attached hydrogen (secondary N) is 2. The maximum Gasteiger partial charge on any atom is 0.223 e. The Morgan fingerprint density at radius 3 is 2.48 bits per heavy atom. The van der Waals surface area contributed by atoms with Crippen LogP contribution in [0, 0.1) is 17.7 Å². The third-order valence-electron chi connectivity index (χ3n) is 4.21. The lowest BCUT2D eigenvalue weighted by Gasteiger charge is -2.27. The van der Waals surface area contributed by atoms with Crippen LogP contribution in [0.15, 0.2) is 24.3 Å². The van der Waals surface area contributed by atoms with Crippen molar-refractivity contribution in [3.8, 4) is 0 Å². The number of carbonyl (C=O) groups excluding carboxylic acids is 1. The molecule has 0 aliphatic carbocycles. The van der Waals surface area contributed by atoms with Crippen molar-refractivity contribution in [3.05, 3.63) is 35.6 Å². The number of amides is 1. The molecule has 1 unspecified atom stereocenters. The van der Waals surface area contributed by atoms with Gasteiger partial charge in [-0.05, 0) is 56.0 Å². The molecule has 1 amide bonds. The lowest BCUT2D eigenvalue weighted by Crippen LogP contribution is -2.45. The topological polar surface area (TPSA) is 41.1 Å². The molecule has 0 spiro atoms. The summed E-state index contributed by atoms with van der Waals surface area (Å²) in [4.78, 5) is 12.4. The summed E-state index contributed by atoms with van der Waals surface area (Å²) in [6.45, 7) is 6.05. The zero-order valence-electron chi connectivity index (χ0n) is 12.9. The number of hydrogen-bond donors (Lipinski definition) is 2. The zero-order valence-corrected chi connectivity index (χ0v) is 12.9. The van der Waals surface area contributed by atoms with Crippen LogP contribution in [0.25, 0.3) is 0 Å². The fraction of sp³-hybridized carbons (Fsp3) is 0.588. The van der Waals surface area contributed by atoms with E-state index in [0.717, 1.165) is 37.9 Å². The third-order valence-corrected chi connectivity index (χ3v) is 4.21. The lowest BCUT2D eigenvalue weighted by molar-refractivity contribution is -0.126. The van der Waals surface area contributed by atoms with Crippen LogP contribution in [0.3, 0.4) is 0 Å². The van der Waals surface area contributed by atoms with E-state index in [0.29, 0.717) is 5.92 Å². The number of hydrogen-bond acceptors (Lipinski definition) is 2. The van der Waals surface area contributed by atoms with E-state index in [-0.39, 0.29) is 23.7 Å². The van der Waals surface area contributed by atoms with Crippen molar-refractivity contribution in [1.82, 2.24) is 10.6 Å². The highest BCUT2D eigenvalue weighted by atomic mass is 19.1. The zero-order chi connectivity index (χ0) is 15.2. The summed E-state index contributed by atoms with van der Waals surface area (Å²) in [5, 5.41) is 6.46. The van der Waals surface area contributed by atoms with Crippen LogP contribution in [0.5, 0.6) is 0 Å². The van der Waals surface area contributed by atoms with Crippen LogP contribution in [0.4, 0.5) is 4.39 Å². The van der Waals surface area contributed by atoms with Gasteiger partial charge in [-0.25, -0.2) is 4.39 Å². The van der Waals surface area contributed by atoms with Crippen LogP contribution >= 0.6 is 0 Å². The Balaban J connectivity index is 1.95. The van der Waals surface area contributed by atoms with Crippen LogP contribution in [0.2, 0.25) is 0 Å². The predicted molar refractivity (Wildman–Crippen MR) is 82.5 cm³/mol. The van der Waals surface area contributed by atoms with Crippen LogP contribution < -0.4 is 10.6 Å². The Hall–Kier alpha value is -1.42. The van der Waals surface area contributed by atoms with E-state index in [1.54, 1.807) is 12.1 Å². The summed E-state index contributed by atoms with van der Waals surface area (Å²) in [7, 11) is 0. The van der Waals surface area contributed by atoms with Gasteiger partial charge in [-0.1, -0.05) is 26.0 Å². The van der Waals surface area contributed by atoms with E-state index in [1.807, 2.05) is 0 Å². The first kappa shape index (κ1) is 16.0. The van der Waals surface area contributed by atoms with Gasteiger partial charge in [0.25, 0.3) is 0 Å². The molecular formula is C17H25FN2O. The molecule has 1 aliphatic heterocycles. The fourth-order valence-electron chi connectivity index (χ4n) is 2.71. The van der Waals surface area contributed by atoms with Gasteiger partial charge in [-0.3, -0.25) is 4.79 Å². The summed E-state index contributed by atoms with van der Waals surface area (Å²) >= 11 is 0. The average Bonchev–Trinajstić information content (AvgIpc) is 2.49. The molecular weight excluding hydrogens is 267 g/mol. The molecule has 1 saturated heterocycles. The summed E-state index contributed by atoms with van der Waals surface area (Å²) in [5.41, 5.74) is 1.06. The van der Waals surface area contributed by atoms with Gasteiger partial charge >= 0.3 is 0 Å². The number of rotatable bonds is 5. The highest BCUT2D eigenvalue weighted by Gasteiger charge is 2.24. The van der Waals surface area contributed by atoms with Crippen molar-refractivity contribution in [2.75, 3.05) is 13.1 Å². The summed E-state index contributed by atoms with van der Waals surface area (Å²) in [6.07, 6.45) is 2.56. The van der Waals surface area contributed by atoms with Crippen LogP contribution in [-0.2, 0) is 11.2 Å². The third kappa shape index (κ3) is 4.81. The van der Waals surface area contributed by atoms with E-state index in [1.165, 1.54) is 12.1 Å². The molecule has 0 saturated carbocycles. The second-order valence-electron chi connectivity index (χ2n) is 6.21. The lowest BCUT2D eigenvalue weighted by atomic mass is 9.93. The van der Waals surface area contributed by atoms with Gasteiger partial charge in [0, 0.05) is 12.0 Å². The highest BCUT2D eigenvalue weighted by molar-refractivity contribution is 5.79. The van der Waals surface area contributed by atoms with Gasteiger partial charge in [-0.15, -0.1) is 0 Å². The molecule has 1 atom stereocenters. The molecule has 1 aromatic carbocycles. The fourth-order valence-corrected chi connectivity index (χ4v) is 2.71. The first-order chi connectivity index (χ1) is 10.1. The molecule has 0 bridgehead atoms. The minimum absolute atomic E-state index is 0.0952. The highest BCUT2D eigenvalue weighted by Crippen LogP contribution is 2.15. The van der Waals surface area contributed by atoms with E-state index in [4.69, 9.17) is 0 Å². The van der Waals surface area contributed by atoms with Gasteiger partial charge in [0.2, 0.25) is 5.91 Å². The molecule has 21 heavy (non-hydrogen) atoms. The first-order valence-electron chi connectivity index (χ1n) is 7.82. The van der Waals surface area contributed by atoms with E-state index in [9.17, 15) is 9.18 Å². The van der Waals surface area contributed by atoms with E-state index in [2.05, 4.69) is 24.5 Å². The molecule has 1 heterocycles. The molecule has 2 rings (SSSR count). The molecule has 0 aromatic heterocycles. The van der Waals surface area contributed by atoms with Gasteiger partial charge < -0.3 is 10.6 Å². The van der Waals surface area contributed by atoms with E-state index >= 15 is 0 Å². The van der Waals surface area contributed by atoms with Gasteiger partial charge in [0.15, 0.2) is 0 Å². The summed E-state index contributed by atoms with van der Waals surface area (Å²) in [6, 6.07) is 6.63. The predicted octanol–water partition coefficient (Wildman–Crippen LogP) is 2.51. The van der Waals surface area contributed by atoms with E-state index < -0.39 is 0 Å². The Kier molecular flexibility index (Phi) is 5.74. The minimum Gasteiger partial charge on any atom is -0.353 e. The van der Waals surface area contributed by atoms with Crippen molar-refractivity contribution in [2.45, 2.75) is 39.2 Å². The Bertz CT molecular complexity index is 452. The minimum atomic E-state index is -0.224. The van der Waals surface area contributed by atoms with Crippen molar-refractivity contribution < 1.29 is 9.18 Å². The first-order valence-corrected chi connectivity index (χ1v) is 7.82. The Labute approximate surface area is 126 Å². The molecule has 1 fully saturated rings. The summed E-state index contributed by atoms with van der Waals surface area (Å²) in [5.74, 6) is 0.414. The Morgan fingerprint density at radius 2 is 1.90 bits per heavy atom. The molecule has 0 radical (unpaired) electrons.